The molecule has 1 heterocycles. The number of carbonyl (C=O) groups excluding carboxylic acids is 2. The Morgan fingerprint density at radius 2 is 1.50 bits per heavy atom. The highest BCUT2D eigenvalue weighted by Crippen LogP contribution is 2.39. The molecule has 0 unspecified atom stereocenters. The first-order valence-electron chi connectivity index (χ1n) is 11.1. The Labute approximate surface area is 202 Å². The van der Waals surface area contributed by atoms with Gasteiger partial charge in [-0.15, -0.1) is 0 Å². The first-order chi connectivity index (χ1) is 16.5. The van der Waals surface area contributed by atoms with E-state index < -0.39 is 11.9 Å². The molecule has 0 fully saturated rings. The van der Waals surface area contributed by atoms with Crippen LogP contribution in [0.4, 0.5) is 5.13 Å². The number of aromatic nitrogens is 1. The predicted molar refractivity (Wildman–Crippen MR) is 131 cm³/mol. The Kier molecular flexibility index (Phi) is 8.86. The molecule has 9 heteroatoms. The van der Waals surface area contributed by atoms with Gasteiger partial charge in [-0.3, -0.25) is 10.1 Å². The molecule has 0 radical (unpaired) electrons. The Bertz CT molecular complexity index is 1100. The molecule has 0 atom stereocenters. The molecule has 1 N–H and O–H groups in total. The summed E-state index contributed by atoms with van der Waals surface area (Å²) in [6.45, 7) is 8.74. The zero-order valence-corrected chi connectivity index (χ0v) is 20.5. The number of nitrogens with zero attached hydrogens (tertiary/aromatic N) is 1. The van der Waals surface area contributed by atoms with Crippen molar-refractivity contribution in [3.63, 3.8) is 0 Å². The first-order valence-corrected chi connectivity index (χ1v) is 11.9. The summed E-state index contributed by atoms with van der Waals surface area (Å²) in [4.78, 5) is 30.5. The molecule has 8 nitrogen and oxygen atoms in total. The third-order valence-electron chi connectivity index (χ3n) is 4.53. The van der Waals surface area contributed by atoms with Gasteiger partial charge in [0.15, 0.2) is 16.6 Å². The molecule has 1 amide bonds. The maximum absolute atomic E-state index is 13.1. The second-order valence-corrected chi connectivity index (χ2v) is 7.84. The molecule has 0 aliphatic carbocycles. The summed E-state index contributed by atoms with van der Waals surface area (Å²) in [5.74, 6) is 0.368. The van der Waals surface area contributed by atoms with E-state index in [1.807, 2.05) is 51.1 Å². The molecule has 0 saturated heterocycles. The molecule has 34 heavy (non-hydrogen) atoms. The average Bonchev–Trinajstić information content (AvgIpc) is 3.26. The smallest absolute Gasteiger partial charge is 0.350 e. The SMILES string of the molecule is CCOC(=O)c1sc(NC(=O)c2cc(OCC)c(OCC)c(OCC)c2)nc1-c1ccccc1. The minimum atomic E-state index is -0.488. The van der Waals surface area contributed by atoms with Crippen molar-refractivity contribution >= 4 is 28.3 Å². The quantitative estimate of drug-likeness (QED) is 0.362. The van der Waals surface area contributed by atoms with Gasteiger partial charge in [0.05, 0.1) is 32.1 Å². The van der Waals surface area contributed by atoms with Crippen molar-refractivity contribution in [2.45, 2.75) is 27.7 Å². The maximum Gasteiger partial charge on any atom is 0.350 e. The Morgan fingerprint density at radius 1 is 0.882 bits per heavy atom. The van der Waals surface area contributed by atoms with Gasteiger partial charge < -0.3 is 18.9 Å². The van der Waals surface area contributed by atoms with Gasteiger partial charge in [-0.2, -0.15) is 0 Å². The molecule has 3 rings (SSSR count). The Hall–Kier alpha value is -3.59. The van der Waals surface area contributed by atoms with Crippen molar-refractivity contribution in [1.29, 1.82) is 0 Å². The van der Waals surface area contributed by atoms with Crippen molar-refractivity contribution in [2.75, 3.05) is 31.7 Å². The van der Waals surface area contributed by atoms with Gasteiger partial charge in [0, 0.05) is 11.1 Å². The summed E-state index contributed by atoms with van der Waals surface area (Å²) < 4.78 is 22.3. The third kappa shape index (κ3) is 5.85. The number of ether oxygens (including phenoxy) is 4. The standard InChI is InChI=1S/C25H28N2O6S/c1-5-30-18-14-17(15-19(31-6-2)21(18)32-7-3)23(28)27-25-26-20(16-12-10-9-11-13-16)22(34-25)24(29)33-8-4/h9-15H,5-8H2,1-4H3,(H,26,27,28). The first kappa shape index (κ1) is 25.0. The summed E-state index contributed by atoms with van der Waals surface area (Å²) in [6.07, 6.45) is 0. The van der Waals surface area contributed by atoms with E-state index in [9.17, 15) is 9.59 Å². The summed E-state index contributed by atoms with van der Waals surface area (Å²) in [5.41, 5.74) is 1.51. The molecule has 0 aliphatic heterocycles. The molecule has 0 spiro atoms. The lowest BCUT2D eigenvalue weighted by atomic mass is 10.1. The minimum Gasteiger partial charge on any atom is -0.490 e. The van der Waals surface area contributed by atoms with Gasteiger partial charge in [0.2, 0.25) is 5.75 Å². The molecular formula is C25H28N2O6S. The van der Waals surface area contributed by atoms with Gasteiger partial charge in [0.25, 0.3) is 5.91 Å². The van der Waals surface area contributed by atoms with Gasteiger partial charge in [-0.05, 0) is 39.8 Å². The molecule has 1 aromatic heterocycles. The van der Waals surface area contributed by atoms with Crippen LogP contribution < -0.4 is 19.5 Å². The maximum atomic E-state index is 13.1. The Balaban J connectivity index is 1.96. The van der Waals surface area contributed by atoms with Crippen LogP contribution in [0.2, 0.25) is 0 Å². The molecule has 0 aliphatic rings. The zero-order valence-electron chi connectivity index (χ0n) is 19.7. The number of amides is 1. The number of hydrogen-bond donors (Lipinski definition) is 1. The van der Waals surface area contributed by atoms with Crippen LogP contribution in [0.15, 0.2) is 42.5 Å². The fourth-order valence-electron chi connectivity index (χ4n) is 3.19. The number of benzene rings is 2. The van der Waals surface area contributed by atoms with Crippen LogP contribution in [0.25, 0.3) is 11.3 Å². The normalized spacial score (nSPS) is 10.5. The summed E-state index contributed by atoms with van der Waals surface area (Å²) in [7, 11) is 0. The summed E-state index contributed by atoms with van der Waals surface area (Å²) in [6, 6.07) is 12.5. The minimum absolute atomic E-state index is 0.235. The zero-order chi connectivity index (χ0) is 24.5. The van der Waals surface area contributed by atoms with Crippen LogP contribution in [-0.4, -0.2) is 43.3 Å². The summed E-state index contributed by atoms with van der Waals surface area (Å²) >= 11 is 1.06. The van der Waals surface area contributed by atoms with Crippen molar-refractivity contribution in [3.8, 4) is 28.5 Å². The Morgan fingerprint density at radius 3 is 2.06 bits per heavy atom. The average molecular weight is 485 g/mol. The molecule has 0 saturated carbocycles. The predicted octanol–water partition coefficient (Wildman–Crippen LogP) is 5.44. The fourth-order valence-corrected chi connectivity index (χ4v) is 4.07. The van der Waals surface area contributed by atoms with Crippen LogP contribution in [0.3, 0.4) is 0 Å². The lowest BCUT2D eigenvalue weighted by Crippen LogP contribution is -2.13. The van der Waals surface area contributed by atoms with Crippen LogP contribution in [0.1, 0.15) is 47.7 Å². The lowest BCUT2D eigenvalue weighted by Gasteiger charge is -2.16. The van der Waals surface area contributed by atoms with E-state index in [-0.39, 0.29) is 11.7 Å². The van der Waals surface area contributed by atoms with Gasteiger partial charge in [-0.1, -0.05) is 41.7 Å². The van der Waals surface area contributed by atoms with Gasteiger partial charge >= 0.3 is 5.97 Å². The highest BCUT2D eigenvalue weighted by Gasteiger charge is 2.23. The molecule has 3 aromatic rings. The number of anilines is 1. The molecule has 180 valence electrons. The monoisotopic (exact) mass is 484 g/mol. The molecule has 2 aromatic carbocycles. The van der Waals surface area contributed by atoms with E-state index in [1.165, 1.54) is 0 Å². The topological polar surface area (TPSA) is 96.0 Å². The van der Waals surface area contributed by atoms with Crippen molar-refractivity contribution in [3.05, 3.63) is 52.9 Å². The van der Waals surface area contributed by atoms with E-state index in [2.05, 4.69) is 10.3 Å². The van der Waals surface area contributed by atoms with E-state index in [0.29, 0.717) is 53.2 Å². The fraction of sp³-hybridized carbons (Fsp3) is 0.320. The number of thiazole rings is 1. The van der Waals surface area contributed by atoms with E-state index in [4.69, 9.17) is 18.9 Å². The van der Waals surface area contributed by atoms with E-state index >= 15 is 0 Å². The molecular weight excluding hydrogens is 456 g/mol. The van der Waals surface area contributed by atoms with Gasteiger partial charge in [0.1, 0.15) is 4.88 Å². The largest absolute Gasteiger partial charge is 0.490 e. The van der Waals surface area contributed by atoms with Crippen LogP contribution >= 0.6 is 11.3 Å². The number of carbonyl (C=O) groups is 2. The lowest BCUT2D eigenvalue weighted by molar-refractivity contribution is 0.0532. The number of rotatable bonds is 11. The number of esters is 1. The van der Waals surface area contributed by atoms with Gasteiger partial charge in [-0.25, -0.2) is 9.78 Å². The van der Waals surface area contributed by atoms with Crippen LogP contribution in [-0.2, 0) is 4.74 Å². The van der Waals surface area contributed by atoms with E-state index in [1.54, 1.807) is 19.1 Å². The second-order valence-electron chi connectivity index (χ2n) is 6.84. The van der Waals surface area contributed by atoms with Crippen LogP contribution in [0, 0.1) is 0 Å². The van der Waals surface area contributed by atoms with E-state index in [0.717, 1.165) is 16.9 Å². The van der Waals surface area contributed by atoms with Crippen molar-refractivity contribution in [1.82, 2.24) is 4.98 Å². The highest BCUT2D eigenvalue weighted by molar-refractivity contribution is 7.18. The molecule has 0 bridgehead atoms. The third-order valence-corrected chi connectivity index (χ3v) is 5.48. The highest BCUT2D eigenvalue weighted by atomic mass is 32.1. The number of hydrogen-bond acceptors (Lipinski definition) is 8. The second kappa shape index (κ2) is 12.0. The van der Waals surface area contributed by atoms with Crippen molar-refractivity contribution < 1.29 is 28.5 Å². The van der Waals surface area contributed by atoms with Crippen molar-refractivity contribution in [2.24, 2.45) is 0 Å². The van der Waals surface area contributed by atoms with Crippen LogP contribution in [0.5, 0.6) is 17.2 Å². The number of nitrogens with one attached hydrogen (secondary N) is 1. The summed E-state index contributed by atoms with van der Waals surface area (Å²) in [5, 5.41) is 3.06.